The highest BCUT2D eigenvalue weighted by molar-refractivity contribution is 7.92. The Labute approximate surface area is 151 Å². The van der Waals surface area contributed by atoms with E-state index in [1.807, 2.05) is 37.3 Å². The standard InChI is InChI=1S/C18H17FN4O2S/c1-13(14-5-3-2-4-6-14)20-17-11-12-18(22-21-17)23-26(24,25)16-9-7-15(19)8-10-16/h2-13H,1H3,(H,20,21)(H,22,23). The SMILES string of the molecule is CC(Nc1ccc(NS(=O)(=O)c2ccc(F)cc2)nn1)c1ccccc1. The van der Waals surface area contributed by atoms with Gasteiger partial charge in [-0.25, -0.2) is 12.8 Å². The highest BCUT2D eigenvalue weighted by Gasteiger charge is 2.15. The molecule has 1 atom stereocenters. The van der Waals surface area contributed by atoms with Gasteiger partial charge in [0, 0.05) is 6.04 Å². The molecule has 0 aliphatic heterocycles. The lowest BCUT2D eigenvalue weighted by Gasteiger charge is -2.14. The van der Waals surface area contributed by atoms with Crippen molar-refractivity contribution >= 4 is 21.7 Å². The molecule has 0 radical (unpaired) electrons. The maximum atomic E-state index is 12.9. The van der Waals surface area contributed by atoms with Crippen molar-refractivity contribution < 1.29 is 12.8 Å². The van der Waals surface area contributed by atoms with Crippen LogP contribution in [0.5, 0.6) is 0 Å². The Morgan fingerprint density at radius 3 is 2.12 bits per heavy atom. The molecule has 0 aliphatic carbocycles. The predicted octanol–water partition coefficient (Wildman–Crippen LogP) is 3.59. The van der Waals surface area contributed by atoms with E-state index in [1.54, 1.807) is 6.07 Å². The molecule has 3 aromatic rings. The van der Waals surface area contributed by atoms with Crippen molar-refractivity contribution in [3.63, 3.8) is 0 Å². The third kappa shape index (κ3) is 4.34. The molecule has 1 aromatic heterocycles. The van der Waals surface area contributed by atoms with Crippen LogP contribution in [0.1, 0.15) is 18.5 Å². The quantitative estimate of drug-likeness (QED) is 0.691. The van der Waals surface area contributed by atoms with Gasteiger partial charge in [-0.1, -0.05) is 30.3 Å². The first-order valence-electron chi connectivity index (χ1n) is 7.88. The van der Waals surface area contributed by atoms with Gasteiger partial charge in [-0.15, -0.1) is 10.2 Å². The number of nitrogens with one attached hydrogen (secondary N) is 2. The Kier molecular flexibility index (Phi) is 5.13. The van der Waals surface area contributed by atoms with Crippen LogP contribution < -0.4 is 10.0 Å². The highest BCUT2D eigenvalue weighted by atomic mass is 32.2. The van der Waals surface area contributed by atoms with E-state index in [0.717, 1.165) is 17.7 Å². The van der Waals surface area contributed by atoms with Gasteiger partial charge < -0.3 is 5.32 Å². The number of hydrogen-bond acceptors (Lipinski definition) is 5. The molecule has 0 bridgehead atoms. The van der Waals surface area contributed by atoms with Crippen LogP contribution in [0.25, 0.3) is 0 Å². The van der Waals surface area contributed by atoms with E-state index in [9.17, 15) is 12.8 Å². The molecule has 134 valence electrons. The van der Waals surface area contributed by atoms with Crippen molar-refractivity contribution in [1.29, 1.82) is 0 Å². The molecule has 2 N–H and O–H groups in total. The number of aromatic nitrogens is 2. The first-order valence-corrected chi connectivity index (χ1v) is 9.36. The monoisotopic (exact) mass is 372 g/mol. The van der Waals surface area contributed by atoms with Gasteiger partial charge in [-0.2, -0.15) is 0 Å². The summed E-state index contributed by atoms with van der Waals surface area (Å²) in [7, 11) is -3.85. The molecular formula is C18H17FN4O2S. The zero-order chi connectivity index (χ0) is 18.6. The van der Waals surface area contributed by atoms with Crippen LogP contribution in [0.15, 0.2) is 71.6 Å². The van der Waals surface area contributed by atoms with Crippen molar-refractivity contribution in [2.75, 3.05) is 10.0 Å². The first-order chi connectivity index (χ1) is 12.4. The van der Waals surface area contributed by atoms with E-state index < -0.39 is 15.8 Å². The van der Waals surface area contributed by atoms with Crippen LogP contribution in [0.3, 0.4) is 0 Å². The fraction of sp³-hybridized carbons (Fsp3) is 0.111. The number of halogens is 1. The molecule has 0 fully saturated rings. The molecule has 1 unspecified atom stereocenters. The maximum Gasteiger partial charge on any atom is 0.263 e. The fourth-order valence-electron chi connectivity index (χ4n) is 2.32. The van der Waals surface area contributed by atoms with E-state index in [-0.39, 0.29) is 16.8 Å². The van der Waals surface area contributed by atoms with Crippen LogP contribution >= 0.6 is 0 Å². The van der Waals surface area contributed by atoms with Crippen molar-refractivity contribution in [1.82, 2.24) is 10.2 Å². The summed E-state index contributed by atoms with van der Waals surface area (Å²) < 4.78 is 39.7. The number of nitrogens with zero attached hydrogens (tertiary/aromatic N) is 2. The zero-order valence-corrected chi connectivity index (χ0v) is 14.7. The van der Waals surface area contributed by atoms with E-state index in [0.29, 0.717) is 5.82 Å². The first kappa shape index (κ1) is 17.8. The van der Waals surface area contributed by atoms with Crippen LogP contribution in [-0.4, -0.2) is 18.6 Å². The van der Waals surface area contributed by atoms with Gasteiger partial charge in [0.25, 0.3) is 10.0 Å². The summed E-state index contributed by atoms with van der Waals surface area (Å²) >= 11 is 0. The second-order valence-corrected chi connectivity index (χ2v) is 7.32. The lowest BCUT2D eigenvalue weighted by atomic mass is 10.1. The van der Waals surface area contributed by atoms with Gasteiger partial charge in [-0.05, 0) is 48.9 Å². The Bertz CT molecular complexity index is 962. The second-order valence-electron chi connectivity index (χ2n) is 5.64. The molecule has 1 heterocycles. The van der Waals surface area contributed by atoms with Crippen LogP contribution in [0.2, 0.25) is 0 Å². The zero-order valence-electron chi connectivity index (χ0n) is 13.9. The van der Waals surface area contributed by atoms with Gasteiger partial charge in [0.2, 0.25) is 0 Å². The number of benzene rings is 2. The summed E-state index contributed by atoms with van der Waals surface area (Å²) in [6.45, 7) is 1.99. The van der Waals surface area contributed by atoms with E-state index in [1.165, 1.54) is 18.2 Å². The third-order valence-corrected chi connectivity index (χ3v) is 5.06. The number of anilines is 2. The van der Waals surface area contributed by atoms with Crippen molar-refractivity contribution in [2.45, 2.75) is 17.9 Å². The summed E-state index contributed by atoms with van der Waals surface area (Å²) in [4.78, 5) is -0.0550. The molecule has 0 saturated carbocycles. The summed E-state index contributed by atoms with van der Waals surface area (Å²) in [6, 6.07) is 17.5. The van der Waals surface area contributed by atoms with Gasteiger partial charge in [0.15, 0.2) is 5.82 Å². The molecule has 3 rings (SSSR count). The minimum atomic E-state index is -3.85. The Balaban J connectivity index is 1.68. The Morgan fingerprint density at radius 2 is 1.50 bits per heavy atom. The highest BCUT2D eigenvalue weighted by Crippen LogP contribution is 2.19. The molecular weight excluding hydrogens is 355 g/mol. The molecule has 0 saturated heterocycles. The van der Waals surface area contributed by atoms with Crippen molar-refractivity contribution in [3.05, 3.63) is 78.1 Å². The number of hydrogen-bond donors (Lipinski definition) is 2. The van der Waals surface area contributed by atoms with E-state index >= 15 is 0 Å². The molecule has 2 aromatic carbocycles. The van der Waals surface area contributed by atoms with Gasteiger partial charge in [0.1, 0.15) is 11.6 Å². The number of sulfonamides is 1. The largest absolute Gasteiger partial charge is 0.362 e. The maximum absolute atomic E-state index is 12.9. The van der Waals surface area contributed by atoms with Crippen molar-refractivity contribution in [3.8, 4) is 0 Å². The second kappa shape index (κ2) is 7.49. The third-order valence-electron chi connectivity index (χ3n) is 3.69. The van der Waals surface area contributed by atoms with Gasteiger partial charge in [-0.3, -0.25) is 4.72 Å². The molecule has 26 heavy (non-hydrogen) atoms. The predicted molar refractivity (Wildman–Crippen MR) is 97.7 cm³/mol. The summed E-state index contributed by atoms with van der Waals surface area (Å²) in [5.74, 6) is 0.0880. The van der Waals surface area contributed by atoms with E-state index in [2.05, 4.69) is 20.2 Å². The normalized spacial score (nSPS) is 12.4. The molecule has 6 nitrogen and oxygen atoms in total. The van der Waals surface area contributed by atoms with Crippen LogP contribution in [0, 0.1) is 5.82 Å². The van der Waals surface area contributed by atoms with E-state index in [4.69, 9.17) is 0 Å². The molecule has 0 spiro atoms. The average molecular weight is 372 g/mol. The lowest BCUT2D eigenvalue weighted by molar-refractivity contribution is 0.599. The Morgan fingerprint density at radius 1 is 0.885 bits per heavy atom. The smallest absolute Gasteiger partial charge is 0.263 e. The minimum Gasteiger partial charge on any atom is -0.362 e. The molecule has 8 heteroatoms. The number of rotatable bonds is 6. The van der Waals surface area contributed by atoms with Gasteiger partial charge >= 0.3 is 0 Å². The minimum absolute atomic E-state index is 0.0206. The molecule has 0 amide bonds. The van der Waals surface area contributed by atoms with Crippen LogP contribution in [-0.2, 0) is 10.0 Å². The average Bonchev–Trinajstić information content (AvgIpc) is 2.64. The Hall–Kier alpha value is -3.00. The molecule has 0 aliphatic rings. The lowest BCUT2D eigenvalue weighted by Crippen LogP contribution is -2.15. The van der Waals surface area contributed by atoms with Crippen LogP contribution in [0.4, 0.5) is 16.0 Å². The summed E-state index contributed by atoms with van der Waals surface area (Å²) in [6.07, 6.45) is 0. The topological polar surface area (TPSA) is 84.0 Å². The van der Waals surface area contributed by atoms with Gasteiger partial charge in [0.05, 0.1) is 4.90 Å². The fourth-order valence-corrected chi connectivity index (χ4v) is 3.32. The van der Waals surface area contributed by atoms with Crippen molar-refractivity contribution in [2.24, 2.45) is 0 Å². The summed E-state index contributed by atoms with van der Waals surface area (Å²) in [5.41, 5.74) is 1.09. The summed E-state index contributed by atoms with van der Waals surface area (Å²) in [5, 5.41) is 11.1.